The van der Waals surface area contributed by atoms with Crippen LogP contribution in [0.4, 0.5) is 11.5 Å². The normalized spacial score (nSPS) is 10.9. The Bertz CT molecular complexity index is 1110. The van der Waals surface area contributed by atoms with Crippen molar-refractivity contribution >= 4 is 33.3 Å². The number of methoxy groups -OCH3 is 2. The van der Waals surface area contributed by atoms with E-state index >= 15 is 0 Å². The molecule has 4 rings (SSSR count). The van der Waals surface area contributed by atoms with Crippen molar-refractivity contribution in [2.75, 3.05) is 26.1 Å². The Morgan fingerprint density at radius 3 is 2.67 bits per heavy atom. The summed E-state index contributed by atoms with van der Waals surface area (Å²) in [6, 6.07) is 11.5. The van der Waals surface area contributed by atoms with Crippen molar-refractivity contribution < 1.29 is 14.2 Å². The predicted molar refractivity (Wildman–Crippen MR) is 105 cm³/mol. The standard InChI is InChI=1S/C20H20N4O3/c1-4-27-17-8-5-12(9-18(17)26-3)22-20-19-15(11-21-24-19)14-10-13(25-2)6-7-16(14)23-20/h5-11H,4H2,1-3H3,(H,21,24)(H,22,23). The number of anilines is 2. The molecule has 0 spiro atoms. The first-order chi connectivity index (χ1) is 13.2. The quantitative estimate of drug-likeness (QED) is 0.532. The molecule has 0 aliphatic rings. The zero-order valence-corrected chi connectivity index (χ0v) is 15.4. The van der Waals surface area contributed by atoms with Crippen LogP contribution < -0.4 is 19.5 Å². The SMILES string of the molecule is CCOc1ccc(Nc2nc3ccc(OC)cc3c3cn[nH]c23)cc1OC. The minimum atomic E-state index is 0.577. The number of pyridine rings is 1. The second-order valence-electron chi connectivity index (χ2n) is 5.93. The Balaban J connectivity index is 1.78. The van der Waals surface area contributed by atoms with Gasteiger partial charge in [-0.25, -0.2) is 4.98 Å². The molecule has 2 N–H and O–H groups in total. The highest BCUT2D eigenvalue weighted by Gasteiger charge is 2.13. The van der Waals surface area contributed by atoms with Crippen LogP contribution in [0.15, 0.2) is 42.6 Å². The zero-order chi connectivity index (χ0) is 18.8. The summed E-state index contributed by atoms with van der Waals surface area (Å²) in [5, 5.41) is 12.5. The van der Waals surface area contributed by atoms with Crippen LogP contribution in [0, 0.1) is 0 Å². The van der Waals surface area contributed by atoms with Crippen molar-refractivity contribution in [3.8, 4) is 17.2 Å². The number of rotatable bonds is 6. The van der Waals surface area contributed by atoms with Crippen LogP contribution in [0.2, 0.25) is 0 Å². The third kappa shape index (κ3) is 3.08. The van der Waals surface area contributed by atoms with Crippen LogP contribution >= 0.6 is 0 Å². The molecule has 0 atom stereocenters. The van der Waals surface area contributed by atoms with E-state index in [1.54, 1.807) is 20.4 Å². The Kier molecular flexibility index (Phi) is 4.42. The number of aromatic amines is 1. The summed E-state index contributed by atoms with van der Waals surface area (Å²) in [4.78, 5) is 4.75. The molecule has 0 fully saturated rings. The van der Waals surface area contributed by atoms with E-state index in [2.05, 4.69) is 15.5 Å². The number of ether oxygens (including phenoxy) is 3. The molecular weight excluding hydrogens is 344 g/mol. The van der Waals surface area contributed by atoms with Gasteiger partial charge in [0.25, 0.3) is 0 Å². The molecule has 0 amide bonds. The molecule has 4 aromatic rings. The number of H-pyrrole nitrogens is 1. The fourth-order valence-corrected chi connectivity index (χ4v) is 3.05. The number of hydrogen-bond donors (Lipinski definition) is 2. The van der Waals surface area contributed by atoms with Gasteiger partial charge in [0.1, 0.15) is 11.3 Å². The molecule has 0 aliphatic carbocycles. The first-order valence-electron chi connectivity index (χ1n) is 8.62. The summed E-state index contributed by atoms with van der Waals surface area (Å²) < 4.78 is 16.3. The lowest BCUT2D eigenvalue weighted by Crippen LogP contribution is -1.99. The molecule has 0 radical (unpaired) electrons. The number of aromatic nitrogens is 3. The van der Waals surface area contributed by atoms with Crippen molar-refractivity contribution in [3.63, 3.8) is 0 Å². The topological polar surface area (TPSA) is 81.3 Å². The van der Waals surface area contributed by atoms with E-state index in [9.17, 15) is 0 Å². The molecule has 27 heavy (non-hydrogen) atoms. The van der Waals surface area contributed by atoms with Gasteiger partial charge >= 0.3 is 0 Å². The average Bonchev–Trinajstić information content (AvgIpc) is 3.19. The number of fused-ring (bicyclic) bond motifs is 3. The van der Waals surface area contributed by atoms with Crippen LogP contribution in [0.1, 0.15) is 6.92 Å². The van der Waals surface area contributed by atoms with Crippen LogP contribution in [-0.2, 0) is 0 Å². The van der Waals surface area contributed by atoms with Gasteiger partial charge < -0.3 is 19.5 Å². The lowest BCUT2D eigenvalue weighted by Gasteiger charge is -2.13. The largest absolute Gasteiger partial charge is 0.497 e. The van der Waals surface area contributed by atoms with Crippen LogP contribution in [-0.4, -0.2) is 36.0 Å². The Morgan fingerprint density at radius 2 is 1.89 bits per heavy atom. The van der Waals surface area contributed by atoms with Gasteiger partial charge in [-0.1, -0.05) is 0 Å². The maximum Gasteiger partial charge on any atom is 0.162 e. The summed E-state index contributed by atoms with van der Waals surface area (Å²) in [6.45, 7) is 2.52. The fourth-order valence-electron chi connectivity index (χ4n) is 3.05. The molecule has 2 aromatic carbocycles. The second kappa shape index (κ2) is 7.03. The van der Waals surface area contributed by atoms with Crippen molar-refractivity contribution in [2.24, 2.45) is 0 Å². The third-order valence-corrected chi connectivity index (χ3v) is 4.33. The zero-order valence-electron chi connectivity index (χ0n) is 15.4. The molecule has 2 heterocycles. The maximum atomic E-state index is 5.57. The summed E-state index contributed by atoms with van der Waals surface area (Å²) in [5.41, 5.74) is 2.51. The summed E-state index contributed by atoms with van der Waals surface area (Å²) in [6.07, 6.45) is 1.79. The molecule has 0 aliphatic heterocycles. The van der Waals surface area contributed by atoms with E-state index in [4.69, 9.17) is 19.2 Å². The van der Waals surface area contributed by atoms with E-state index in [1.165, 1.54) is 0 Å². The highest BCUT2D eigenvalue weighted by atomic mass is 16.5. The summed E-state index contributed by atoms with van der Waals surface area (Å²) >= 11 is 0. The van der Waals surface area contributed by atoms with Crippen molar-refractivity contribution in [2.45, 2.75) is 6.92 Å². The number of benzene rings is 2. The van der Waals surface area contributed by atoms with E-state index < -0.39 is 0 Å². The molecule has 2 aromatic heterocycles. The first-order valence-corrected chi connectivity index (χ1v) is 8.62. The van der Waals surface area contributed by atoms with Gasteiger partial charge in [0.05, 0.1) is 32.5 Å². The molecule has 0 unspecified atom stereocenters. The smallest absolute Gasteiger partial charge is 0.162 e. The van der Waals surface area contributed by atoms with Gasteiger partial charge in [0.2, 0.25) is 0 Å². The van der Waals surface area contributed by atoms with E-state index in [0.29, 0.717) is 23.9 Å². The fraction of sp³-hybridized carbons (Fsp3) is 0.200. The molecule has 0 bridgehead atoms. The molecule has 7 heteroatoms. The third-order valence-electron chi connectivity index (χ3n) is 4.33. The summed E-state index contributed by atoms with van der Waals surface area (Å²) in [5.74, 6) is 2.83. The molecule has 7 nitrogen and oxygen atoms in total. The molecule has 0 saturated heterocycles. The van der Waals surface area contributed by atoms with Gasteiger partial charge in [-0.15, -0.1) is 0 Å². The lowest BCUT2D eigenvalue weighted by atomic mass is 10.1. The molecule has 138 valence electrons. The van der Waals surface area contributed by atoms with Gasteiger partial charge in [-0.3, -0.25) is 5.10 Å². The molecular formula is C20H20N4O3. The van der Waals surface area contributed by atoms with Crippen molar-refractivity contribution in [3.05, 3.63) is 42.6 Å². The van der Waals surface area contributed by atoms with Gasteiger partial charge in [0, 0.05) is 22.5 Å². The predicted octanol–water partition coefficient (Wildman–Crippen LogP) is 4.27. The highest BCUT2D eigenvalue weighted by molar-refractivity contribution is 6.09. The van der Waals surface area contributed by atoms with Crippen LogP contribution in [0.3, 0.4) is 0 Å². The lowest BCUT2D eigenvalue weighted by molar-refractivity contribution is 0.311. The maximum absolute atomic E-state index is 5.57. The average molecular weight is 364 g/mol. The van der Waals surface area contributed by atoms with Crippen LogP contribution in [0.25, 0.3) is 21.8 Å². The highest BCUT2D eigenvalue weighted by Crippen LogP contribution is 2.34. The van der Waals surface area contributed by atoms with Gasteiger partial charge in [-0.2, -0.15) is 5.10 Å². The monoisotopic (exact) mass is 364 g/mol. The van der Waals surface area contributed by atoms with E-state index in [0.717, 1.165) is 33.2 Å². The van der Waals surface area contributed by atoms with Crippen molar-refractivity contribution in [1.29, 1.82) is 0 Å². The summed E-state index contributed by atoms with van der Waals surface area (Å²) in [7, 11) is 3.27. The van der Waals surface area contributed by atoms with Crippen LogP contribution in [0.5, 0.6) is 17.2 Å². The Morgan fingerprint density at radius 1 is 1.00 bits per heavy atom. The Hall–Kier alpha value is -3.48. The van der Waals surface area contributed by atoms with Crippen molar-refractivity contribution in [1.82, 2.24) is 15.2 Å². The minimum Gasteiger partial charge on any atom is -0.497 e. The first kappa shape index (κ1) is 17.0. The molecule has 0 saturated carbocycles. The number of hydrogen-bond acceptors (Lipinski definition) is 6. The Labute approximate surface area is 156 Å². The van der Waals surface area contributed by atoms with E-state index in [1.807, 2.05) is 43.3 Å². The minimum absolute atomic E-state index is 0.577. The van der Waals surface area contributed by atoms with Gasteiger partial charge in [0.15, 0.2) is 17.3 Å². The second-order valence-corrected chi connectivity index (χ2v) is 5.93. The van der Waals surface area contributed by atoms with Gasteiger partial charge in [-0.05, 0) is 37.3 Å². The van der Waals surface area contributed by atoms with E-state index in [-0.39, 0.29) is 0 Å². The number of nitrogens with zero attached hydrogens (tertiary/aromatic N) is 2. The number of nitrogens with one attached hydrogen (secondary N) is 2.